The van der Waals surface area contributed by atoms with Crippen LogP contribution in [0, 0.1) is 5.41 Å². The number of hydroxylamine groups is 1. The highest BCUT2D eigenvalue weighted by molar-refractivity contribution is 7.80. The summed E-state index contributed by atoms with van der Waals surface area (Å²) in [6, 6.07) is 0. The van der Waals surface area contributed by atoms with Gasteiger partial charge in [0.1, 0.15) is 0 Å². The molecule has 0 spiro atoms. The van der Waals surface area contributed by atoms with Crippen LogP contribution in [0.4, 0.5) is 0 Å². The average Bonchev–Trinajstić information content (AvgIpc) is 2.37. The molecule has 1 aliphatic rings. The summed E-state index contributed by atoms with van der Waals surface area (Å²) in [5.41, 5.74) is 1.42. The topological polar surface area (TPSA) is 111 Å². The van der Waals surface area contributed by atoms with Crippen molar-refractivity contribution in [2.45, 2.75) is 39.7 Å². The minimum atomic E-state index is -4.52. The van der Waals surface area contributed by atoms with Crippen molar-refractivity contribution in [3.05, 3.63) is 0 Å². The molecule has 0 unspecified atom stereocenters. The molecule has 148 valence electrons. The van der Waals surface area contributed by atoms with E-state index in [0.717, 1.165) is 26.2 Å². The Balaban J connectivity index is 2.43. The number of hydrogen-bond acceptors (Lipinski definition) is 7. The molecule has 3 N–H and O–H groups in total. The Hall–Kier alpha value is -0.780. The average molecular weight is 381 g/mol. The molecule has 0 aromatic rings. The number of nitrogens with zero attached hydrogens (tertiary/aromatic N) is 2. The molecule has 25 heavy (non-hydrogen) atoms. The molecule has 9 nitrogen and oxygen atoms in total. The zero-order valence-corrected chi connectivity index (χ0v) is 16.6. The van der Waals surface area contributed by atoms with Crippen LogP contribution >= 0.6 is 0 Å². The van der Waals surface area contributed by atoms with Crippen molar-refractivity contribution >= 4 is 16.3 Å². The first-order valence-electron chi connectivity index (χ1n) is 8.39. The summed E-state index contributed by atoms with van der Waals surface area (Å²) >= 11 is 0. The molecule has 0 aromatic carbocycles. The van der Waals surface area contributed by atoms with Crippen LogP contribution in [-0.2, 0) is 19.5 Å². The highest BCUT2D eigenvalue weighted by Gasteiger charge is 2.31. The number of carbonyl (C=O) groups excluding carboxylic acids is 1. The van der Waals surface area contributed by atoms with Crippen molar-refractivity contribution in [2.75, 3.05) is 46.3 Å². The van der Waals surface area contributed by atoms with Crippen molar-refractivity contribution in [1.29, 1.82) is 0 Å². The van der Waals surface area contributed by atoms with Crippen LogP contribution in [0.5, 0.6) is 0 Å². The standard InChI is InChI=1S/C15H32N4O5S/c1-14(2,12-16-24-25(21,22)23)11-15(3,4)17-13(20)10-19-8-6-18(5)7-9-19/h16H,6-12H2,1-5H3,(H,17,20)(H,21,22,23). The maximum absolute atomic E-state index is 12.3. The maximum Gasteiger partial charge on any atom is 0.413 e. The van der Waals surface area contributed by atoms with Crippen molar-refractivity contribution in [1.82, 2.24) is 20.6 Å². The second kappa shape index (κ2) is 8.74. The first-order chi connectivity index (χ1) is 11.3. The lowest BCUT2D eigenvalue weighted by atomic mass is 9.80. The van der Waals surface area contributed by atoms with Crippen molar-refractivity contribution in [2.24, 2.45) is 5.41 Å². The molecule has 1 fully saturated rings. The number of amides is 1. The van der Waals surface area contributed by atoms with Crippen LogP contribution in [0.25, 0.3) is 0 Å². The van der Waals surface area contributed by atoms with Gasteiger partial charge in [-0.1, -0.05) is 13.8 Å². The molecule has 1 rings (SSSR count). The maximum atomic E-state index is 12.3. The van der Waals surface area contributed by atoms with Crippen LogP contribution in [0.1, 0.15) is 34.1 Å². The van der Waals surface area contributed by atoms with Gasteiger partial charge in [-0.25, -0.2) is 0 Å². The van der Waals surface area contributed by atoms with Crippen LogP contribution in [-0.4, -0.2) is 80.5 Å². The molecule has 1 amide bonds. The molecular weight excluding hydrogens is 348 g/mol. The molecule has 0 radical (unpaired) electrons. The van der Waals surface area contributed by atoms with Gasteiger partial charge in [-0.05, 0) is 32.7 Å². The van der Waals surface area contributed by atoms with E-state index in [1.807, 2.05) is 27.7 Å². The van der Waals surface area contributed by atoms with Gasteiger partial charge in [0.2, 0.25) is 5.91 Å². The number of carbonyl (C=O) groups is 1. The summed E-state index contributed by atoms with van der Waals surface area (Å²) in [5.74, 6) is -0.0208. The second-order valence-electron chi connectivity index (χ2n) is 8.18. The smallest absolute Gasteiger partial charge is 0.350 e. The van der Waals surface area contributed by atoms with E-state index in [1.165, 1.54) is 0 Å². The highest BCUT2D eigenvalue weighted by Crippen LogP contribution is 2.27. The third-order valence-electron chi connectivity index (χ3n) is 4.08. The van der Waals surface area contributed by atoms with E-state index in [0.29, 0.717) is 13.0 Å². The van der Waals surface area contributed by atoms with E-state index in [2.05, 4.69) is 31.9 Å². The number of rotatable bonds is 9. The fraction of sp³-hybridized carbons (Fsp3) is 0.933. The number of likely N-dealkylation sites (N-methyl/N-ethyl adjacent to an activating group) is 1. The Morgan fingerprint density at radius 2 is 1.72 bits per heavy atom. The van der Waals surface area contributed by atoms with E-state index in [9.17, 15) is 13.2 Å². The van der Waals surface area contributed by atoms with E-state index in [1.54, 1.807) is 0 Å². The first-order valence-corrected chi connectivity index (χ1v) is 9.75. The van der Waals surface area contributed by atoms with E-state index < -0.39 is 15.9 Å². The number of piperazine rings is 1. The molecular formula is C15H32N4O5S. The summed E-state index contributed by atoms with van der Waals surface area (Å²) in [4.78, 5) is 16.7. The summed E-state index contributed by atoms with van der Waals surface area (Å²) in [5, 5.41) is 3.05. The molecule has 1 saturated heterocycles. The van der Waals surface area contributed by atoms with E-state index >= 15 is 0 Å². The zero-order chi connectivity index (χ0) is 19.3. The first kappa shape index (κ1) is 22.3. The SMILES string of the molecule is CN1CCN(CC(=O)NC(C)(C)CC(C)(C)CNOS(=O)(=O)O)CC1. The van der Waals surface area contributed by atoms with Crippen molar-refractivity contribution < 1.29 is 22.0 Å². The van der Waals surface area contributed by atoms with Gasteiger partial charge in [0.25, 0.3) is 0 Å². The van der Waals surface area contributed by atoms with Crippen LogP contribution in [0.15, 0.2) is 0 Å². The molecule has 0 bridgehead atoms. The van der Waals surface area contributed by atoms with E-state index in [-0.39, 0.29) is 17.9 Å². The lowest BCUT2D eigenvalue weighted by Gasteiger charge is -2.37. The fourth-order valence-electron chi connectivity index (χ4n) is 3.23. The summed E-state index contributed by atoms with van der Waals surface area (Å²) in [6.45, 7) is 12.0. The summed E-state index contributed by atoms with van der Waals surface area (Å²) in [6.07, 6.45) is 0.594. The van der Waals surface area contributed by atoms with Crippen LogP contribution in [0.2, 0.25) is 0 Å². The fourth-order valence-corrected chi connectivity index (χ4v) is 3.44. The molecule has 1 aliphatic heterocycles. The van der Waals surface area contributed by atoms with Crippen LogP contribution < -0.4 is 10.8 Å². The molecule has 0 saturated carbocycles. The summed E-state index contributed by atoms with van der Waals surface area (Å²) in [7, 11) is -2.45. The minimum Gasteiger partial charge on any atom is -0.350 e. The predicted molar refractivity (Wildman–Crippen MR) is 95.2 cm³/mol. The Kier molecular flexibility index (Phi) is 7.78. The largest absolute Gasteiger partial charge is 0.413 e. The Morgan fingerprint density at radius 1 is 1.16 bits per heavy atom. The van der Waals surface area contributed by atoms with Gasteiger partial charge in [-0.15, -0.1) is 0 Å². The van der Waals surface area contributed by atoms with Gasteiger partial charge in [-0.3, -0.25) is 14.2 Å². The van der Waals surface area contributed by atoms with Gasteiger partial charge < -0.3 is 10.2 Å². The minimum absolute atomic E-state index is 0.0208. The van der Waals surface area contributed by atoms with Gasteiger partial charge in [-0.2, -0.15) is 18.2 Å². The highest BCUT2D eigenvalue weighted by atomic mass is 32.3. The Morgan fingerprint density at radius 3 is 2.24 bits per heavy atom. The van der Waals surface area contributed by atoms with Gasteiger partial charge in [0.15, 0.2) is 0 Å². The van der Waals surface area contributed by atoms with Gasteiger partial charge in [0.05, 0.1) is 6.54 Å². The third-order valence-corrected chi connectivity index (χ3v) is 4.40. The van der Waals surface area contributed by atoms with Crippen molar-refractivity contribution in [3.8, 4) is 0 Å². The quantitative estimate of drug-likeness (QED) is 0.375. The van der Waals surface area contributed by atoms with Crippen molar-refractivity contribution in [3.63, 3.8) is 0 Å². The second-order valence-corrected chi connectivity index (χ2v) is 9.21. The lowest BCUT2D eigenvalue weighted by molar-refractivity contribution is -0.124. The Labute approximate surface area is 151 Å². The monoisotopic (exact) mass is 380 g/mol. The lowest BCUT2D eigenvalue weighted by Crippen LogP contribution is -2.53. The number of hydrogen-bond donors (Lipinski definition) is 3. The van der Waals surface area contributed by atoms with Gasteiger partial charge >= 0.3 is 10.4 Å². The van der Waals surface area contributed by atoms with Crippen LogP contribution in [0.3, 0.4) is 0 Å². The molecule has 1 heterocycles. The zero-order valence-electron chi connectivity index (χ0n) is 15.8. The van der Waals surface area contributed by atoms with Gasteiger partial charge in [0, 0.05) is 38.3 Å². The molecule has 0 atom stereocenters. The molecule has 0 aliphatic carbocycles. The predicted octanol–water partition coefficient (Wildman–Crippen LogP) is -0.131. The normalized spacial score (nSPS) is 18.3. The Bertz CT molecular complexity index is 542. The summed E-state index contributed by atoms with van der Waals surface area (Å²) < 4.78 is 33.8. The number of nitrogens with one attached hydrogen (secondary N) is 2. The molecule has 10 heteroatoms. The van der Waals surface area contributed by atoms with E-state index in [4.69, 9.17) is 4.55 Å². The molecule has 0 aromatic heterocycles. The third kappa shape index (κ3) is 10.1.